The summed E-state index contributed by atoms with van der Waals surface area (Å²) >= 11 is 0. The molecule has 3 rings (SSSR count). The first kappa shape index (κ1) is 21.9. The number of guanidine groups is 1. The number of anilines is 1. The lowest BCUT2D eigenvalue weighted by Gasteiger charge is -2.34. The van der Waals surface area contributed by atoms with Crippen LogP contribution in [0.25, 0.3) is 0 Å². The van der Waals surface area contributed by atoms with Crippen LogP contribution in [0.15, 0.2) is 17.4 Å². The van der Waals surface area contributed by atoms with E-state index in [1.54, 1.807) is 0 Å². The van der Waals surface area contributed by atoms with E-state index in [0.29, 0.717) is 12.1 Å². The molecule has 7 heteroatoms. The molecule has 0 aromatic carbocycles. The summed E-state index contributed by atoms with van der Waals surface area (Å²) in [6.07, 6.45) is 17.1. The van der Waals surface area contributed by atoms with Gasteiger partial charge in [-0.15, -0.1) is 0 Å². The average molecular weight is 405 g/mol. The van der Waals surface area contributed by atoms with E-state index in [1.807, 2.05) is 25.0 Å². The summed E-state index contributed by atoms with van der Waals surface area (Å²) in [5, 5.41) is 11.4. The van der Waals surface area contributed by atoms with Crippen molar-refractivity contribution in [3.05, 3.63) is 12.4 Å². The highest BCUT2D eigenvalue weighted by Crippen LogP contribution is 2.20. The second kappa shape index (κ2) is 12.1. The van der Waals surface area contributed by atoms with Crippen LogP contribution in [-0.4, -0.2) is 61.2 Å². The van der Waals surface area contributed by atoms with Gasteiger partial charge in [-0.1, -0.05) is 19.3 Å². The maximum atomic E-state index is 6.01. The monoisotopic (exact) mass is 404 g/mol. The van der Waals surface area contributed by atoms with Crippen LogP contribution in [0.2, 0.25) is 0 Å². The maximum Gasteiger partial charge on any atom is 0.191 e. The zero-order chi connectivity index (χ0) is 20.3. The number of ether oxygens (including phenoxy) is 1. The minimum absolute atomic E-state index is 0.416. The highest BCUT2D eigenvalue weighted by Gasteiger charge is 2.21. The molecule has 1 aromatic rings. The molecule has 1 aliphatic carbocycles. The van der Waals surface area contributed by atoms with Crippen molar-refractivity contribution < 1.29 is 4.74 Å². The summed E-state index contributed by atoms with van der Waals surface area (Å²) in [6, 6.07) is 0.416. The summed E-state index contributed by atoms with van der Waals surface area (Å²) < 4.78 is 7.88. The molecular weight excluding hydrogens is 364 g/mol. The van der Waals surface area contributed by atoms with Gasteiger partial charge in [0.1, 0.15) is 0 Å². The molecule has 164 valence electrons. The molecule has 29 heavy (non-hydrogen) atoms. The Labute approximate surface area is 176 Å². The second-order valence-corrected chi connectivity index (χ2v) is 8.49. The van der Waals surface area contributed by atoms with Crippen molar-refractivity contribution in [2.24, 2.45) is 12.0 Å². The summed E-state index contributed by atoms with van der Waals surface area (Å²) in [7, 11) is 3.83. The number of aryl methyl sites for hydroxylation is 1. The lowest BCUT2D eigenvalue weighted by atomic mass is 9.98. The topological polar surface area (TPSA) is 66.7 Å². The van der Waals surface area contributed by atoms with Gasteiger partial charge in [-0.2, -0.15) is 5.10 Å². The van der Waals surface area contributed by atoms with E-state index >= 15 is 0 Å². The number of hydrogen-bond donors (Lipinski definition) is 2. The number of unbranched alkanes of at least 4 members (excludes halogenated alkanes) is 2. The molecule has 2 heterocycles. The first-order valence-electron chi connectivity index (χ1n) is 11.6. The summed E-state index contributed by atoms with van der Waals surface area (Å²) in [5.41, 5.74) is 1.21. The first-order valence-corrected chi connectivity index (χ1v) is 11.6. The molecule has 1 saturated carbocycles. The average Bonchev–Trinajstić information content (AvgIpc) is 3.19. The van der Waals surface area contributed by atoms with E-state index in [4.69, 9.17) is 4.74 Å². The quantitative estimate of drug-likeness (QED) is 0.376. The standard InChI is InChI=1S/C22H40N6O/c1-23-22(24-13-7-4-8-15-29-21-11-5-3-6-12-21)26-19-10-9-14-28(17-19)20-16-25-27(2)18-20/h16,18-19,21H,3-15,17H2,1-2H3,(H2,23,24,26). The number of aromatic nitrogens is 2. The fraction of sp³-hybridized carbons (Fsp3) is 0.818. The lowest BCUT2D eigenvalue weighted by molar-refractivity contribution is 0.0264. The molecule has 1 aromatic heterocycles. The Morgan fingerprint density at radius 2 is 2.03 bits per heavy atom. The molecule has 1 atom stereocenters. The minimum atomic E-state index is 0.416. The molecular formula is C22H40N6O. The van der Waals surface area contributed by atoms with Crippen molar-refractivity contribution in [1.82, 2.24) is 20.4 Å². The minimum Gasteiger partial charge on any atom is -0.378 e. The molecule has 2 fully saturated rings. The molecule has 0 radical (unpaired) electrons. The van der Waals surface area contributed by atoms with Gasteiger partial charge in [-0.25, -0.2) is 0 Å². The number of rotatable bonds is 9. The molecule has 1 aliphatic heterocycles. The van der Waals surface area contributed by atoms with Crippen molar-refractivity contribution >= 4 is 11.6 Å². The molecule has 7 nitrogen and oxygen atoms in total. The summed E-state index contributed by atoms with van der Waals surface area (Å²) in [6.45, 7) is 3.97. The van der Waals surface area contributed by atoms with E-state index in [0.717, 1.165) is 45.0 Å². The van der Waals surface area contributed by atoms with Gasteiger partial charge in [-0.3, -0.25) is 9.67 Å². The Morgan fingerprint density at radius 1 is 1.17 bits per heavy atom. The largest absolute Gasteiger partial charge is 0.378 e. The van der Waals surface area contributed by atoms with Crippen LogP contribution >= 0.6 is 0 Å². The predicted molar refractivity (Wildman–Crippen MR) is 120 cm³/mol. The van der Waals surface area contributed by atoms with Crippen molar-refractivity contribution in [2.45, 2.75) is 76.4 Å². The van der Waals surface area contributed by atoms with Gasteiger partial charge in [0.25, 0.3) is 0 Å². The van der Waals surface area contributed by atoms with E-state index in [-0.39, 0.29) is 0 Å². The van der Waals surface area contributed by atoms with Gasteiger partial charge < -0.3 is 20.3 Å². The second-order valence-electron chi connectivity index (χ2n) is 8.49. The molecule has 1 saturated heterocycles. The number of nitrogens with zero attached hydrogens (tertiary/aromatic N) is 4. The third-order valence-corrected chi connectivity index (χ3v) is 6.06. The van der Waals surface area contributed by atoms with Gasteiger partial charge >= 0.3 is 0 Å². The van der Waals surface area contributed by atoms with Crippen LogP contribution in [0, 0.1) is 0 Å². The summed E-state index contributed by atoms with van der Waals surface area (Å²) in [5.74, 6) is 0.918. The number of hydrogen-bond acceptors (Lipinski definition) is 4. The van der Waals surface area contributed by atoms with E-state index in [2.05, 4.69) is 31.8 Å². The maximum absolute atomic E-state index is 6.01. The zero-order valence-corrected chi connectivity index (χ0v) is 18.4. The Hall–Kier alpha value is -1.76. The molecule has 0 bridgehead atoms. The number of aliphatic imine (C=N–C) groups is 1. The van der Waals surface area contributed by atoms with E-state index < -0.39 is 0 Å². The highest BCUT2D eigenvalue weighted by atomic mass is 16.5. The molecule has 1 unspecified atom stereocenters. The SMILES string of the molecule is CN=C(NCCCCCOC1CCCCC1)NC1CCCN(c2cnn(C)c2)C1. The first-order chi connectivity index (χ1) is 14.2. The van der Waals surface area contributed by atoms with Gasteiger partial charge in [-0.05, 0) is 44.9 Å². The van der Waals surface area contributed by atoms with Crippen molar-refractivity contribution in [1.29, 1.82) is 0 Å². The van der Waals surface area contributed by atoms with Crippen molar-refractivity contribution in [2.75, 3.05) is 38.2 Å². The molecule has 0 amide bonds. The van der Waals surface area contributed by atoms with Crippen LogP contribution in [-0.2, 0) is 11.8 Å². The van der Waals surface area contributed by atoms with Gasteiger partial charge in [0.2, 0.25) is 0 Å². The molecule has 2 aliphatic rings. The van der Waals surface area contributed by atoms with Crippen molar-refractivity contribution in [3.8, 4) is 0 Å². The van der Waals surface area contributed by atoms with Crippen molar-refractivity contribution in [3.63, 3.8) is 0 Å². The van der Waals surface area contributed by atoms with Crippen LogP contribution in [0.3, 0.4) is 0 Å². The Balaban J connectivity index is 1.27. The Morgan fingerprint density at radius 3 is 2.79 bits per heavy atom. The van der Waals surface area contributed by atoms with Crippen LogP contribution < -0.4 is 15.5 Å². The van der Waals surface area contributed by atoms with Crippen LogP contribution in [0.5, 0.6) is 0 Å². The number of nitrogens with one attached hydrogen (secondary N) is 2. The summed E-state index contributed by atoms with van der Waals surface area (Å²) in [4.78, 5) is 6.82. The van der Waals surface area contributed by atoms with E-state index in [1.165, 1.54) is 57.1 Å². The third-order valence-electron chi connectivity index (χ3n) is 6.06. The Kier molecular flexibility index (Phi) is 9.12. The van der Waals surface area contributed by atoms with Gasteiger partial charge in [0, 0.05) is 52.6 Å². The fourth-order valence-electron chi connectivity index (χ4n) is 4.38. The van der Waals surface area contributed by atoms with E-state index in [9.17, 15) is 0 Å². The molecule has 2 N–H and O–H groups in total. The predicted octanol–water partition coefficient (Wildman–Crippen LogP) is 3.07. The zero-order valence-electron chi connectivity index (χ0n) is 18.4. The highest BCUT2D eigenvalue weighted by molar-refractivity contribution is 5.80. The lowest BCUT2D eigenvalue weighted by Crippen LogP contribution is -2.51. The van der Waals surface area contributed by atoms with Crippen LogP contribution in [0.4, 0.5) is 5.69 Å². The van der Waals surface area contributed by atoms with Gasteiger partial charge in [0.05, 0.1) is 18.0 Å². The molecule has 0 spiro atoms. The fourth-order valence-corrected chi connectivity index (χ4v) is 4.38. The Bertz CT molecular complexity index is 610. The van der Waals surface area contributed by atoms with Gasteiger partial charge in [0.15, 0.2) is 5.96 Å². The normalized spacial score (nSPS) is 21.4. The smallest absolute Gasteiger partial charge is 0.191 e. The number of piperidine rings is 1. The van der Waals surface area contributed by atoms with Crippen LogP contribution in [0.1, 0.15) is 64.2 Å². The third kappa shape index (κ3) is 7.53.